The van der Waals surface area contributed by atoms with Gasteiger partial charge in [-0.1, -0.05) is 29.8 Å². The Kier molecular flexibility index (Phi) is 5.36. The van der Waals surface area contributed by atoms with E-state index < -0.39 is 0 Å². The molecule has 1 fully saturated rings. The first kappa shape index (κ1) is 18.6. The standard InChI is InChI=1S/C18H17ClN6O2S/c19-14-5-2-1-4-13(14)17-20-22-25(21-17)12-16(26)23-7-9-24(10-8-23)18(27)15-6-3-11-28-15/h1-6,11H,7-10,12H2. The minimum absolute atomic E-state index is 0.00365. The van der Waals surface area contributed by atoms with Crippen LogP contribution < -0.4 is 0 Å². The molecule has 1 aromatic carbocycles. The maximum absolute atomic E-state index is 12.6. The van der Waals surface area contributed by atoms with Crippen molar-refractivity contribution >= 4 is 34.8 Å². The van der Waals surface area contributed by atoms with Crippen LogP contribution in [-0.2, 0) is 11.3 Å². The Balaban J connectivity index is 1.34. The molecule has 0 N–H and O–H groups in total. The highest BCUT2D eigenvalue weighted by atomic mass is 35.5. The number of aromatic nitrogens is 4. The average molecular weight is 417 g/mol. The van der Waals surface area contributed by atoms with Crippen LogP contribution in [-0.4, -0.2) is 68.0 Å². The summed E-state index contributed by atoms with van der Waals surface area (Å²) in [6, 6.07) is 10.9. The van der Waals surface area contributed by atoms with Crippen LogP contribution >= 0.6 is 22.9 Å². The van der Waals surface area contributed by atoms with Gasteiger partial charge in [-0.3, -0.25) is 9.59 Å². The molecule has 144 valence electrons. The number of halogens is 1. The number of rotatable bonds is 4. The molecule has 0 bridgehead atoms. The number of carbonyl (C=O) groups is 2. The molecule has 0 atom stereocenters. The fourth-order valence-electron chi connectivity index (χ4n) is 3.00. The first-order chi connectivity index (χ1) is 13.6. The molecule has 2 aromatic heterocycles. The van der Waals surface area contributed by atoms with Crippen LogP contribution in [0.3, 0.4) is 0 Å². The summed E-state index contributed by atoms with van der Waals surface area (Å²) in [5, 5.41) is 14.6. The number of thiophene rings is 1. The molecule has 3 aromatic rings. The topological polar surface area (TPSA) is 84.2 Å². The highest BCUT2D eigenvalue weighted by Gasteiger charge is 2.25. The molecule has 0 spiro atoms. The van der Waals surface area contributed by atoms with Gasteiger partial charge in [-0.05, 0) is 28.8 Å². The van der Waals surface area contributed by atoms with Crippen LogP contribution in [0.4, 0.5) is 0 Å². The predicted molar refractivity (Wildman–Crippen MR) is 105 cm³/mol. The number of hydrogen-bond donors (Lipinski definition) is 0. The Bertz CT molecular complexity index is 982. The van der Waals surface area contributed by atoms with E-state index in [1.807, 2.05) is 29.6 Å². The van der Waals surface area contributed by atoms with E-state index in [0.29, 0.717) is 42.6 Å². The molecular formula is C18H17ClN6O2S. The van der Waals surface area contributed by atoms with E-state index in [4.69, 9.17) is 11.6 Å². The fraction of sp³-hybridized carbons (Fsp3) is 0.278. The molecule has 3 heterocycles. The number of carbonyl (C=O) groups excluding carboxylic acids is 2. The van der Waals surface area contributed by atoms with E-state index in [1.54, 1.807) is 21.9 Å². The Morgan fingerprint density at radius 3 is 2.50 bits per heavy atom. The van der Waals surface area contributed by atoms with Crippen LogP contribution in [0.25, 0.3) is 11.4 Å². The molecule has 1 aliphatic heterocycles. The molecule has 1 aliphatic rings. The van der Waals surface area contributed by atoms with E-state index >= 15 is 0 Å². The second kappa shape index (κ2) is 8.07. The van der Waals surface area contributed by atoms with Crippen molar-refractivity contribution in [2.45, 2.75) is 6.54 Å². The Labute approximate surface area is 170 Å². The highest BCUT2D eigenvalue weighted by molar-refractivity contribution is 7.12. The van der Waals surface area contributed by atoms with Gasteiger partial charge in [0.25, 0.3) is 5.91 Å². The Morgan fingerprint density at radius 1 is 1.04 bits per heavy atom. The first-order valence-corrected chi connectivity index (χ1v) is 10.0. The van der Waals surface area contributed by atoms with Gasteiger partial charge in [-0.2, -0.15) is 4.80 Å². The summed E-state index contributed by atoms with van der Waals surface area (Å²) in [5.41, 5.74) is 0.670. The third kappa shape index (κ3) is 3.90. The van der Waals surface area contributed by atoms with Crippen LogP contribution in [0, 0.1) is 0 Å². The van der Waals surface area contributed by atoms with Crippen LogP contribution in [0.1, 0.15) is 9.67 Å². The lowest BCUT2D eigenvalue weighted by molar-refractivity contribution is -0.133. The molecule has 8 nitrogen and oxygen atoms in total. The van der Waals surface area contributed by atoms with Gasteiger partial charge in [0.15, 0.2) is 0 Å². The molecule has 28 heavy (non-hydrogen) atoms. The minimum Gasteiger partial charge on any atom is -0.337 e. The zero-order valence-electron chi connectivity index (χ0n) is 14.9. The lowest BCUT2D eigenvalue weighted by Crippen LogP contribution is -2.51. The second-order valence-electron chi connectivity index (χ2n) is 6.27. The largest absolute Gasteiger partial charge is 0.337 e. The van der Waals surface area contributed by atoms with Crippen LogP contribution in [0.5, 0.6) is 0 Å². The average Bonchev–Trinajstić information content (AvgIpc) is 3.40. The molecule has 10 heteroatoms. The monoisotopic (exact) mass is 416 g/mol. The fourth-order valence-corrected chi connectivity index (χ4v) is 3.91. The maximum Gasteiger partial charge on any atom is 0.264 e. The zero-order chi connectivity index (χ0) is 19.5. The molecule has 2 amide bonds. The quantitative estimate of drug-likeness (QED) is 0.649. The van der Waals surface area contributed by atoms with Crippen LogP contribution in [0.15, 0.2) is 41.8 Å². The zero-order valence-corrected chi connectivity index (χ0v) is 16.4. The van der Waals surface area contributed by atoms with E-state index in [1.165, 1.54) is 16.1 Å². The molecule has 0 radical (unpaired) electrons. The summed E-state index contributed by atoms with van der Waals surface area (Å²) in [6.45, 7) is 2.00. The highest BCUT2D eigenvalue weighted by Crippen LogP contribution is 2.23. The third-order valence-corrected chi connectivity index (χ3v) is 5.68. The van der Waals surface area contributed by atoms with Crippen molar-refractivity contribution in [2.24, 2.45) is 0 Å². The summed E-state index contributed by atoms with van der Waals surface area (Å²) in [6.07, 6.45) is 0. The second-order valence-corrected chi connectivity index (χ2v) is 7.63. The normalized spacial score (nSPS) is 14.3. The summed E-state index contributed by atoms with van der Waals surface area (Å²) < 4.78 is 0. The van der Waals surface area contributed by atoms with Crippen LogP contribution in [0.2, 0.25) is 5.02 Å². The van der Waals surface area contributed by atoms with Crippen molar-refractivity contribution in [1.29, 1.82) is 0 Å². The summed E-state index contributed by atoms with van der Waals surface area (Å²) in [7, 11) is 0. The Hall–Kier alpha value is -2.78. The van der Waals surface area contributed by atoms with Gasteiger partial charge in [0.2, 0.25) is 11.7 Å². The van der Waals surface area contributed by atoms with Crippen molar-refractivity contribution < 1.29 is 9.59 Å². The molecule has 4 rings (SSSR count). The summed E-state index contributed by atoms with van der Waals surface area (Å²) in [4.78, 5) is 30.4. The van der Waals surface area contributed by atoms with Gasteiger partial charge >= 0.3 is 0 Å². The SMILES string of the molecule is O=C(Cn1nnc(-c2ccccc2Cl)n1)N1CCN(C(=O)c2cccs2)CC1. The molecular weight excluding hydrogens is 400 g/mol. The Morgan fingerprint density at radius 2 is 1.79 bits per heavy atom. The number of tetrazole rings is 1. The summed E-state index contributed by atoms with van der Waals surface area (Å²) in [5.74, 6) is 0.292. The molecule has 0 aliphatic carbocycles. The van der Waals surface area contributed by atoms with Crippen molar-refractivity contribution in [2.75, 3.05) is 26.2 Å². The van der Waals surface area contributed by atoms with Crippen molar-refractivity contribution in [1.82, 2.24) is 30.0 Å². The first-order valence-electron chi connectivity index (χ1n) is 8.75. The van der Waals surface area contributed by atoms with Crippen molar-refractivity contribution in [3.05, 3.63) is 51.7 Å². The molecule has 0 unspecified atom stereocenters. The van der Waals surface area contributed by atoms with E-state index in [2.05, 4.69) is 15.4 Å². The number of nitrogens with zero attached hydrogens (tertiary/aromatic N) is 6. The lowest BCUT2D eigenvalue weighted by atomic mass is 10.2. The number of hydrogen-bond acceptors (Lipinski definition) is 6. The number of benzene rings is 1. The third-order valence-electron chi connectivity index (χ3n) is 4.50. The lowest BCUT2D eigenvalue weighted by Gasteiger charge is -2.34. The number of amides is 2. The smallest absolute Gasteiger partial charge is 0.264 e. The van der Waals surface area contributed by atoms with E-state index in [9.17, 15) is 9.59 Å². The van der Waals surface area contributed by atoms with Gasteiger partial charge < -0.3 is 9.80 Å². The van der Waals surface area contributed by atoms with Gasteiger partial charge in [-0.25, -0.2) is 0 Å². The van der Waals surface area contributed by atoms with Gasteiger partial charge in [-0.15, -0.1) is 21.5 Å². The van der Waals surface area contributed by atoms with E-state index in [-0.39, 0.29) is 18.4 Å². The summed E-state index contributed by atoms with van der Waals surface area (Å²) >= 11 is 7.58. The van der Waals surface area contributed by atoms with Crippen molar-refractivity contribution in [3.8, 4) is 11.4 Å². The predicted octanol–water partition coefficient (Wildman–Crippen LogP) is 2.04. The van der Waals surface area contributed by atoms with E-state index in [0.717, 1.165) is 4.88 Å². The number of piperazine rings is 1. The molecule has 0 saturated carbocycles. The maximum atomic E-state index is 12.6. The van der Waals surface area contributed by atoms with Gasteiger partial charge in [0, 0.05) is 31.7 Å². The van der Waals surface area contributed by atoms with Gasteiger partial charge in [0.05, 0.1) is 9.90 Å². The minimum atomic E-state index is -0.105. The molecule has 1 saturated heterocycles. The van der Waals surface area contributed by atoms with Crippen molar-refractivity contribution in [3.63, 3.8) is 0 Å². The van der Waals surface area contributed by atoms with Gasteiger partial charge in [0.1, 0.15) is 6.54 Å².